The number of hydrogen-bond acceptors (Lipinski definition) is 0. The van der Waals surface area contributed by atoms with Gasteiger partial charge in [-0.15, -0.1) is 0 Å². The second-order valence-electron chi connectivity index (χ2n) is 5.30. The molecule has 0 saturated carbocycles. The second kappa shape index (κ2) is 2.89. The summed E-state index contributed by atoms with van der Waals surface area (Å²) < 4.78 is 9.05. The van der Waals surface area contributed by atoms with Crippen LogP contribution in [0.5, 0.6) is 0 Å². The van der Waals surface area contributed by atoms with Gasteiger partial charge in [-0.25, -0.2) is 0 Å². The zero-order chi connectivity index (χ0) is 7.71. The van der Waals surface area contributed by atoms with Gasteiger partial charge in [-0.3, -0.25) is 0 Å². The normalized spacial score (nSPS) is 14.0. The maximum absolute atomic E-state index is 2.51. The first-order valence-electron chi connectivity index (χ1n) is 3.71. The molecule has 0 bridgehead atoms. The molecule has 0 saturated heterocycles. The molecule has 0 N–H and O–H groups in total. The van der Waals surface area contributed by atoms with Crippen molar-refractivity contribution < 1.29 is 0 Å². The Balaban J connectivity index is 3.75. The summed E-state index contributed by atoms with van der Waals surface area (Å²) in [5, 5.41) is 0. The van der Waals surface area contributed by atoms with Crippen LogP contribution in [0.1, 0.15) is 20.8 Å². The Labute approximate surface area is 64.7 Å². The van der Waals surface area contributed by atoms with Gasteiger partial charge in [0.25, 0.3) is 0 Å². The summed E-state index contributed by atoms with van der Waals surface area (Å²) in [6, 6.07) is 0. The maximum atomic E-state index is 2.51. The molecule has 0 aliphatic carbocycles. The van der Waals surface area contributed by atoms with E-state index in [2.05, 4.69) is 34.2 Å². The molecule has 0 amide bonds. The molecule has 1 heteroatoms. The Morgan fingerprint density at radius 2 is 1.33 bits per heavy atom. The molecule has 0 unspecified atom stereocenters. The Hall–Kier alpha value is 0.922. The van der Waals surface area contributed by atoms with E-state index in [1.807, 2.05) is 0 Å². The van der Waals surface area contributed by atoms with Crippen LogP contribution < -0.4 is 0 Å². The molecule has 0 nitrogen and oxygen atoms in total. The summed E-state index contributed by atoms with van der Waals surface area (Å²) in [7, 11) is 0. The molecule has 0 fully saturated rings. The molecule has 0 aromatic carbocycles. The first-order valence-corrected chi connectivity index (χ1v) is 18.1. The molecule has 0 heterocycles. The van der Waals surface area contributed by atoms with E-state index in [9.17, 15) is 0 Å². The minimum absolute atomic E-state index is 0.583. The molecule has 0 rings (SSSR count). The predicted molar refractivity (Wildman–Crippen MR) is 47.6 cm³/mol. The van der Waals surface area contributed by atoms with Gasteiger partial charge in [0.15, 0.2) is 0 Å². The molecule has 0 aliphatic rings. The van der Waals surface area contributed by atoms with Gasteiger partial charge in [-0.1, -0.05) is 0 Å². The summed E-state index contributed by atoms with van der Waals surface area (Å²) in [5.74, 6) is 0. The van der Waals surface area contributed by atoms with Crippen molar-refractivity contribution in [3.05, 3.63) is 0 Å². The van der Waals surface area contributed by atoms with E-state index in [1.54, 1.807) is 0 Å². The van der Waals surface area contributed by atoms with Crippen LogP contribution in [0.15, 0.2) is 0 Å². The van der Waals surface area contributed by atoms with Crippen LogP contribution in [0.2, 0.25) is 17.4 Å². The summed E-state index contributed by atoms with van der Waals surface area (Å²) in [5.41, 5.74) is 0.583. The van der Waals surface area contributed by atoms with Crippen LogP contribution >= 0.6 is 0 Å². The summed E-state index contributed by atoms with van der Waals surface area (Å²) in [4.78, 5) is 0. The third-order valence-electron chi connectivity index (χ3n) is 1.06. The fourth-order valence-corrected chi connectivity index (χ4v) is 14.0. The monoisotopic (exact) mass is 324 g/mol. The topological polar surface area (TPSA) is 0 Å². The Kier molecular flexibility index (Phi) is 3.18. The summed E-state index contributed by atoms with van der Waals surface area (Å²) >= 11 is -1.56. The van der Waals surface area contributed by atoms with Crippen molar-refractivity contribution in [2.24, 2.45) is 5.41 Å². The van der Waals surface area contributed by atoms with Crippen molar-refractivity contribution in [3.8, 4) is 0 Å². The van der Waals surface area contributed by atoms with Gasteiger partial charge in [-0.05, 0) is 0 Å². The third kappa shape index (κ3) is 8.92. The van der Waals surface area contributed by atoms with Crippen LogP contribution in [-0.2, 0) is 0 Å². The van der Waals surface area contributed by atoms with Crippen LogP contribution in [0.4, 0.5) is 0 Å². The van der Waals surface area contributed by atoms with Gasteiger partial charge < -0.3 is 0 Å². The standard InChI is InChI=1S/C5H11.3CH3.Pb/c1-5(2,3)4;;;;/h1H2,2-4H3;3*1H3;. The SMILES string of the molecule is CC(C)(C)[CH2][Pb]([CH3])([CH3])[CH3]. The molecular weight excluding hydrogens is 303 g/mol. The van der Waals surface area contributed by atoms with Crippen molar-refractivity contribution >= 4 is 21.2 Å². The van der Waals surface area contributed by atoms with Crippen LogP contribution in [0, 0.1) is 5.41 Å². The van der Waals surface area contributed by atoms with E-state index in [-0.39, 0.29) is 0 Å². The molecule has 0 aromatic heterocycles. The summed E-state index contributed by atoms with van der Waals surface area (Å²) in [6.07, 6.45) is 0. The summed E-state index contributed by atoms with van der Waals surface area (Å²) in [6.45, 7) is 7.04. The van der Waals surface area contributed by atoms with Crippen molar-refractivity contribution in [2.45, 2.75) is 38.2 Å². The van der Waals surface area contributed by atoms with Crippen molar-refractivity contribution in [3.63, 3.8) is 0 Å². The van der Waals surface area contributed by atoms with Gasteiger partial charge in [-0.2, -0.15) is 0 Å². The van der Waals surface area contributed by atoms with E-state index in [0.29, 0.717) is 5.41 Å². The van der Waals surface area contributed by atoms with Crippen molar-refractivity contribution in [1.29, 1.82) is 0 Å². The molecule has 0 radical (unpaired) electrons. The van der Waals surface area contributed by atoms with E-state index in [1.165, 1.54) is 3.98 Å². The van der Waals surface area contributed by atoms with E-state index < -0.39 is 21.2 Å². The van der Waals surface area contributed by atoms with E-state index >= 15 is 0 Å². The first-order chi connectivity index (χ1) is 3.71. The average molecular weight is 323 g/mol. The van der Waals surface area contributed by atoms with Gasteiger partial charge in [0.2, 0.25) is 0 Å². The van der Waals surface area contributed by atoms with E-state index in [4.69, 9.17) is 0 Å². The molecule has 56 valence electrons. The van der Waals surface area contributed by atoms with Gasteiger partial charge in [0.1, 0.15) is 0 Å². The second-order valence-corrected chi connectivity index (χ2v) is 26.6. The first kappa shape index (κ1) is 9.92. The minimum atomic E-state index is -1.56. The third-order valence-corrected chi connectivity index (χ3v) is 9.31. The fraction of sp³-hybridized carbons (Fsp3) is 1.00. The van der Waals surface area contributed by atoms with Gasteiger partial charge in [0.05, 0.1) is 0 Å². The molecule has 0 atom stereocenters. The van der Waals surface area contributed by atoms with Crippen molar-refractivity contribution in [2.75, 3.05) is 0 Å². The number of hydrogen-bond donors (Lipinski definition) is 0. The van der Waals surface area contributed by atoms with Crippen LogP contribution in [0.3, 0.4) is 0 Å². The molecule has 0 aromatic rings. The van der Waals surface area contributed by atoms with E-state index in [0.717, 1.165) is 0 Å². The van der Waals surface area contributed by atoms with Crippen LogP contribution in [-0.4, -0.2) is 21.2 Å². The fourth-order valence-electron chi connectivity index (χ4n) is 1.59. The molecule has 0 aliphatic heterocycles. The number of rotatable bonds is 1. The Morgan fingerprint density at radius 3 is 1.33 bits per heavy atom. The average Bonchev–Trinajstić information content (AvgIpc) is 1.14. The van der Waals surface area contributed by atoms with Crippen molar-refractivity contribution in [1.82, 2.24) is 0 Å². The molecule has 0 spiro atoms. The van der Waals surface area contributed by atoms with Gasteiger partial charge >= 0.3 is 64.8 Å². The quantitative estimate of drug-likeness (QED) is 0.649. The molecular formula is C8H20Pb. The van der Waals surface area contributed by atoms with Gasteiger partial charge in [0, 0.05) is 0 Å². The Bertz CT molecular complexity index is 69.7. The zero-order valence-corrected chi connectivity index (χ0v) is 11.6. The molecule has 9 heavy (non-hydrogen) atoms. The van der Waals surface area contributed by atoms with Crippen LogP contribution in [0.25, 0.3) is 0 Å². The predicted octanol–water partition coefficient (Wildman–Crippen LogP) is 3.37. The Morgan fingerprint density at radius 1 is 1.00 bits per heavy atom. The zero-order valence-electron chi connectivity index (χ0n) is 7.71.